The summed E-state index contributed by atoms with van der Waals surface area (Å²) in [6.07, 6.45) is 3.55. The average Bonchev–Trinajstić information content (AvgIpc) is 2.52. The lowest BCUT2D eigenvalue weighted by Crippen LogP contribution is -2.40. The molecule has 0 saturated carbocycles. The van der Waals surface area contributed by atoms with Crippen molar-refractivity contribution in [3.8, 4) is 0 Å². The summed E-state index contributed by atoms with van der Waals surface area (Å²) in [6.45, 7) is 3.54. The molecule has 1 unspecified atom stereocenters. The van der Waals surface area contributed by atoms with Gasteiger partial charge in [0.2, 0.25) is 5.91 Å². The first-order chi connectivity index (χ1) is 10.6. The number of carboxylic acids is 1. The van der Waals surface area contributed by atoms with Crippen molar-refractivity contribution in [1.82, 2.24) is 5.32 Å². The zero-order valence-electron chi connectivity index (χ0n) is 12.6. The van der Waals surface area contributed by atoms with E-state index in [-0.39, 0.29) is 12.3 Å². The quantitative estimate of drug-likeness (QED) is 0.353. The van der Waals surface area contributed by atoms with Crippen molar-refractivity contribution in [3.63, 3.8) is 0 Å². The molecule has 1 atom stereocenters. The van der Waals surface area contributed by atoms with Crippen LogP contribution in [0, 0.1) is 0 Å². The normalized spacial score (nSPS) is 12.4. The van der Waals surface area contributed by atoms with E-state index in [4.69, 9.17) is 5.11 Å². The predicted molar refractivity (Wildman–Crippen MR) is 93.4 cm³/mol. The number of allylic oxidation sites excluding steroid dienone is 1. The third kappa shape index (κ3) is 7.78. The summed E-state index contributed by atoms with van der Waals surface area (Å²) in [5, 5.41) is 13.7. The van der Waals surface area contributed by atoms with E-state index >= 15 is 0 Å². The minimum Gasteiger partial charge on any atom is -0.480 e. The van der Waals surface area contributed by atoms with E-state index < -0.39 is 12.0 Å². The molecule has 4 nitrogen and oxygen atoms in total. The van der Waals surface area contributed by atoms with E-state index in [9.17, 15) is 9.59 Å². The van der Waals surface area contributed by atoms with Gasteiger partial charge in [-0.1, -0.05) is 41.8 Å². The van der Waals surface area contributed by atoms with Gasteiger partial charge in [-0.25, -0.2) is 4.79 Å². The van der Waals surface area contributed by atoms with Gasteiger partial charge in [-0.2, -0.15) is 11.4 Å². The van der Waals surface area contributed by atoms with Crippen LogP contribution in [0.15, 0.2) is 43.0 Å². The molecule has 1 amide bonds. The Morgan fingerprint density at radius 1 is 1.27 bits per heavy atom. The second-order valence-corrected chi connectivity index (χ2v) is 5.92. The largest absolute Gasteiger partial charge is 0.480 e. The van der Waals surface area contributed by atoms with Gasteiger partial charge in [0.25, 0.3) is 0 Å². The van der Waals surface area contributed by atoms with Crippen molar-refractivity contribution in [2.75, 3.05) is 0 Å². The van der Waals surface area contributed by atoms with E-state index in [0.717, 1.165) is 17.1 Å². The molecule has 0 fully saturated rings. The van der Waals surface area contributed by atoms with Gasteiger partial charge in [-0.3, -0.25) is 4.79 Å². The summed E-state index contributed by atoms with van der Waals surface area (Å²) in [5.74, 6) is -0.307. The Hall–Kier alpha value is -1.88. The van der Waals surface area contributed by atoms with Gasteiger partial charge in [0, 0.05) is 12.2 Å². The Kier molecular flexibility index (Phi) is 8.91. The Bertz CT molecular complexity index is 514. The lowest BCUT2D eigenvalue weighted by Gasteiger charge is -2.13. The Labute approximate surface area is 135 Å². The number of nitrogens with one attached hydrogen (secondary N) is 1. The van der Waals surface area contributed by atoms with Crippen molar-refractivity contribution >= 4 is 28.6 Å². The molecule has 5 heteroatoms. The zero-order valence-corrected chi connectivity index (χ0v) is 13.5. The maximum atomic E-state index is 11.6. The third-order valence-electron chi connectivity index (χ3n) is 3.04. The van der Waals surface area contributed by atoms with Crippen LogP contribution in [0.4, 0.5) is 0 Å². The van der Waals surface area contributed by atoms with Crippen molar-refractivity contribution in [3.05, 3.63) is 48.6 Å². The van der Waals surface area contributed by atoms with Gasteiger partial charge in [0.05, 0.1) is 0 Å². The molecule has 1 aromatic carbocycles. The number of hydrogen-bond donors (Lipinski definition) is 3. The van der Waals surface area contributed by atoms with Crippen LogP contribution in [-0.4, -0.2) is 28.4 Å². The molecular weight excluding hydrogens is 298 g/mol. The zero-order chi connectivity index (χ0) is 16.2. The van der Waals surface area contributed by atoms with Crippen LogP contribution >= 0.6 is 11.4 Å². The van der Waals surface area contributed by atoms with Crippen molar-refractivity contribution in [2.45, 2.75) is 37.5 Å². The smallest absolute Gasteiger partial charge is 0.326 e. The van der Waals surface area contributed by atoms with Crippen LogP contribution in [0.2, 0.25) is 0 Å². The fourth-order valence-electron chi connectivity index (χ4n) is 1.84. The van der Waals surface area contributed by atoms with Crippen LogP contribution in [0.3, 0.4) is 0 Å². The van der Waals surface area contributed by atoms with E-state index in [1.54, 1.807) is 6.08 Å². The monoisotopic (exact) mass is 321 g/mol. The minimum atomic E-state index is -0.986. The number of hydrogen-bond acceptors (Lipinski definition) is 2. The Morgan fingerprint density at radius 2 is 2.00 bits per heavy atom. The molecule has 0 aliphatic carbocycles. The first-order valence-corrected chi connectivity index (χ1v) is 8.43. The molecule has 0 aliphatic rings. The molecular formula is C17H23NO3S. The molecule has 0 aliphatic heterocycles. The van der Waals surface area contributed by atoms with Crippen LogP contribution in [0.5, 0.6) is 0 Å². The lowest BCUT2D eigenvalue weighted by molar-refractivity contribution is -0.141. The molecule has 0 aromatic heterocycles. The van der Waals surface area contributed by atoms with Gasteiger partial charge < -0.3 is 10.4 Å². The van der Waals surface area contributed by atoms with E-state index in [1.807, 2.05) is 18.2 Å². The Balaban J connectivity index is 2.33. The second-order valence-electron chi connectivity index (χ2n) is 4.87. The summed E-state index contributed by atoms with van der Waals surface area (Å²) in [7, 11) is 0. The lowest BCUT2D eigenvalue weighted by atomic mass is 10.1. The first kappa shape index (κ1) is 18.2. The summed E-state index contributed by atoms with van der Waals surface area (Å²) in [4.78, 5) is 22.7. The maximum absolute atomic E-state index is 11.6. The average molecular weight is 321 g/mol. The molecule has 1 rings (SSSR count). The van der Waals surface area contributed by atoms with Gasteiger partial charge >= 0.3 is 5.97 Å². The van der Waals surface area contributed by atoms with Gasteiger partial charge in [-0.05, 0) is 24.8 Å². The number of rotatable bonds is 10. The van der Waals surface area contributed by atoms with E-state index in [0.29, 0.717) is 19.3 Å². The van der Waals surface area contributed by atoms with Gasteiger partial charge in [0.15, 0.2) is 0 Å². The van der Waals surface area contributed by atoms with E-state index in [1.165, 1.54) is 5.56 Å². The molecule has 0 saturated heterocycles. The van der Waals surface area contributed by atoms with Crippen LogP contribution in [-0.2, 0) is 15.3 Å². The predicted octanol–water partition coefficient (Wildman–Crippen LogP) is 2.77. The first-order valence-electron chi connectivity index (χ1n) is 7.28. The highest BCUT2D eigenvalue weighted by Crippen LogP contribution is 2.06. The number of aliphatic carboxylic acids is 1. The molecule has 0 heterocycles. The minimum absolute atomic E-state index is 0.242. The fraction of sp³-hybridized carbons (Fsp3) is 0.353. The Morgan fingerprint density at radius 3 is 2.64 bits per heavy atom. The van der Waals surface area contributed by atoms with Crippen molar-refractivity contribution in [1.29, 1.82) is 0 Å². The summed E-state index contributed by atoms with van der Waals surface area (Å²) in [5.41, 5.74) is 1.26. The summed E-state index contributed by atoms with van der Waals surface area (Å²) < 4.78 is 0. The number of carboxylic acid groups (broad SMARTS) is 1. The highest BCUT2D eigenvalue weighted by atomic mass is 32.1. The SMILES string of the molecule is C=CCCC(=O)NC(CCC=[SH]Cc1ccccc1)C(=O)O. The molecule has 0 spiro atoms. The highest BCUT2D eigenvalue weighted by molar-refractivity contribution is 7.96. The second kappa shape index (κ2) is 10.8. The summed E-state index contributed by atoms with van der Waals surface area (Å²) >= 11 is 1.15. The molecule has 2 N–H and O–H groups in total. The van der Waals surface area contributed by atoms with Crippen LogP contribution < -0.4 is 5.32 Å². The summed E-state index contributed by atoms with van der Waals surface area (Å²) in [6, 6.07) is 9.31. The number of carbonyl (C=O) groups excluding carboxylic acids is 1. The number of amides is 1. The molecule has 1 aromatic rings. The standard InChI is InChI=1S/C17H23NO3S/c1-2-3-11-16(19)18-15(17(20)21)10-7-12-22-13-14-8-5-4-6-9-14/h2,4-6,8-9,12,15,22H,1,3,7,10-11,13H2,(H,18,19)(H,20,21). The third-order valence-corrected chi connectivity index (χ3v) is 4.10. The van der Waals surface area contributed by atoms with Crippen LogP contribution in [0.25, 0.3) is 0 Å². The van der Waals surface area contributed by atoms with Crippen LogP contribution in [0.1, 0.15) is 31.2 Å². The molecule has 22 heavy (non-hydrogen) atoms. The van der Waals surface area contributed by atoms with Gasteiger partial charge in [0.1, 0.15) is 6.04 Å². The maximum Gasteiger partial charge on any atom is 0.326 e. The highest BCUT2D eigenvalue weighted by Gasteiger charge is 2.18. The van der Waals surface area contributed by atoms with Crippen molar-refractivity contribution in [2.24, 2.45) is 0 Å². The van der Waals surface area contributed by atoms with E-state index in [2.05, 4.69) is 29.4 Å². The number of benzene rings is 1. The van der Waals surface area contributed by atoms with Crippen molar-refractivity contribution < 1.29 is 14.7 Å². The number of carbonyl (C=O) groups is 2. The molecule has 0 bridgehead atoms. The number of thiol groups is 1. The van der Waals surface area contributed by atoms with Gasteiger partial charge in [-0.15, -0.1) is 6.58 Å². The molecule has 120 valence electrons. The molecule has 0 radical (unpaired) electrons. The topological polar surface area (TPSA) is 66.4 Å². The fourth-order valence-corrected chi connectivity index (χ4v) is 2.73.